The molecule has 2 N–H and O–H groups in total. The number of hydrogen-bond acceptors (Lipinski definition) is 11. The van der Waals surface area contributed by atoms with Gasteiger partial charge in [0, 0.05) is 55.4 Å². The molecule has 0 aromatic heterocycles. The number of amides is 1. The van der Waals surface area contributed by atoms with E-state index >= 15 is 0 Å². The quantitative estimate of drug-likeness (QED) is 0.0459. The summed E-state index contributed by atoms with van der Waals surface area (Å²) in [5, 5.41) is 35.8. The van der Waals surface area contributed by atoms with Gasteiger partial charge in [0.1, 0.15) is 42.3 Å². The number of nitro benzene ring substituents is 1. The minimum atomic E-state index is -1.51. The fraction of sp³-hybridized carbons (Fsp3) is 0.478. The van der Waals surface area contributed by atoms with Crippen LogP contribution in [0.25, 0.3) is 0 Å². The first kappa shape index (κ1) is 44.2. The van der Waals surface area contributed by atoms with Crippen LogP contribution >= 0.6 is 0 Å². The summed E-state index contributed by atoms with van der Waals surface area (Å²) >= 11 is 0. The fourth-order valence-electron chi connectivity index (χ4n) is 9.07. The second-order valence-corrected chi connectivity index (χ2v) is 15.4. The molecule has 322 valence electrons. The number of nitro groups is 1. The van der Waals surface area contributed by atoms with Crippen molar-refractivity contribution in [3.8, 4) is 17.2 Å². The highest BCUT2D eigenvalue weighted by Gasteiger charge is 2.65. The number of benzene rings is 3. The van der Waals surface area contributed by atoms with Crippen LogP contribution < -0.4 is 14.2 Å². The molecular formula is C46H56FN3O10. The minimum absolute atomic E-state index is 0.0117. The van der Waals surface area contributed by atoms with Crippen molar-refractivity contribution in [1.29, 1.82) is 0 Å². The van der Waals surface area contributed by atoms with E-state index in [0.717, 1.165) is 36.8 Å². The number of aliphatic hydroxyl groups excluding tert-OH is 2. The Labute approximate surface area is 350 Å². The van der Waals surface area contributed by atoms with E-state index in [9.17, 15) is 29.5 Å². The number of carbonyl (C=O) groups excluding carboxylic acids is 1. The van der Waals surface area contributed by atoms with Gasteiger partial charge in [-0.2, -0.15) is 0 Å². The van der Waals surface area contributed by atoms with Crippen LogP contribution in [0, 0.1) is 33.7 Å². The number of hydrogen-bond donors (Lipinski definition) is 2. The van der Waals surface area contributed by atoms with E-state index in [1.807, 2.05) is 26.0 Å². The summed E-state index contributed by atoms with van der Waals surface area (Å²) < 4.78 is 41.1. The molecule has 3 aliphatic rings. The van der Waals surface area contributed by atoms with Crippen molar-refractivity contribution in [1.82, 2.24) is 4.90 Å². The van der Waals surface area contributed by atoms with Gasteiger partial charge in [-0.25, -0.2) is 9.18 Å². The van der Waals surface area contributed by atoms with Gasteiger partial charge in [-0.15, -0.1) is 6.58 Å². The lowest BCUT2D eigenvalue weighted by atomic mass is 9.55. The third-order valence-corrected chi connectivity index (χ3v) is 11.6. The van der Waals surface area contributed by atoms with Crippen LogP contribution in [0.1, 0.15) is 82.3 Å². The monoisotopic (exact) mass is 829 g/mol. The maximum absolute atomic E-state index is 14.7. The Hall–Kier alpha value is -5.31. The molecule has 3 aromatic carbocycles. The number of oxime groups is 1. The van der Waals surface area contributed by atoms with E-state index in [1.54, 1.807) is 35.2 Å². The molecule has 3 aromatic rings. The van der Waals surface area contributed by atoms with E-state index in [0.29, 0.717) is 48.6 Å². The fourth-order valence-corrected chi connectivity index (χ4v) is 9.07. The van der Waals surface area contributed by atoms with Crippen molar-refractivity contribution in [2.45, 2.75) is 89.6 Å². The standard InChI is InChI=1S/C46H56FN3O10/c1-4-23-49(45(53)59-34-19-17-33(18-20-34)50(54)55)42-29-40(48-58-6-3)37-27-31(13-9-11-24-51)36(15-10-12-25-52)43-38-28-35(56-30-32-14-7-8-16-39(32)47)21-22-41(38)60-46(42,44(37)43)57-26-5-2/h5,7-8,14,16-22,27-28,31,36,42-44,51-52H,2,4,6,9-13,15,23-26,29-30H2,1,3H3. The first-order valence-electron chi connectivity index (χ1n) is 21.0. The number of carbonyl (C=O) groups is 1. The number of halogens is 1. The molecule has 1 saturated carbocycles. The first-order valence-corrected chi connectivity index (χ1v) is 21.0. The molecule has 0 spiro atoms. The van der Waals surface area contributed by atoms with Crippen molar-refractivity contribution in [2.24, 2.45) is 22.9 Å². The molecule has 1 aliphatic heterocycles. The van der Waals surface area contributed by atoms with Gasteiger partial charge in [-0.3, -0.25) is 15.0 Å². The zero-order valence-corrected chi connectivity index (χ0v) is 34.4. The molecule has 14 heteroatoms. The Bertz CT molecular complexity index is 2010. The average molecular weight is 830 g/mol. The molecular weight excluding hydrogens is 774 g/mol. The Kier molecular flexibility index (Phi) is 15.3. The number of aliphatic hydroxyl groups is 2. The predicted octanol–water partition coefficient (Wildman–Crippen LogP) is 8.88. The van der Waals surface area contributed by atoms with E-state index in [4.69, 9.17) is 28.9 Å². The number of fused-ring (bicyclic) bond motifs is 2. The number of unbranched alkanes of at least 4 members (excludes halogenated alkanes) is 2. The smallest absolute Gasteiger partial charge is 0.415 e. The molecule has 6 atom stereocenters. The average Bonchev–Trinajstić information content (AvgIpc) is 3.25. The third kappa shape index (κ3) is 9.66. The van der Waals surface area contributed by atoms with Gasteiger partial charge < -0.3 is 34.0 Å². The van der Waals surface area contributed by atoms with Gasteiger partial charge in [-0.05, 0) is 92.8 Å². The summed E-state index contributed by atoms with van der Waals surface area (Å²) in [6, 6.07) is 16.6. The lowest BCUT2D eigenvalue weighted by Crippen LogP contribution is -2.70. The summed E-state index contributed by atoms with van der Waals surface area (Å²) in [5.41, 5.74) is 2.66. The maximum Gasteiger partial charge on any atom is 0.415 e. The number of ether oxygens (including phenoxy) is 4. The summed E-state index contributed by atoms with van der Waals surface area (Å²) in [5.74, 6) is -1.50. The van der Waals surface area contributed by atoms with Crippen LogP contribution in [0.2, 0.25) is 0 Å². The second kappa shape index (κ2) is 20.8. The number of non-ortho nitro benzene ring substituents is 1. The minimum Gasteiger partial charge on any atom is -0.489 e. The van der Waals surface area contributed by atoms with E-state index in [-0.39, 0.29) is 74.4 Å². The highest BCUT2D eigenvalue weighted by Crippen LogP contribution is 2.62. The van der Waals surface area contributed by atoms with Gasteiger partial charge in [0.2, 0.25) is 5.79 Å². The van der Waals surface area contributed by atoms with Gasteiger partial charge in [0.15, 0.2) is 0 Å². The largest absolute Gasteiger partial charge is 0.489 e. The summed E-state index contributed by atoms with van der Waals surface area (Å²) in [7, 11) is 0. The summed E-state index contributed by atoms with van der Waals surface area (Å²) in [4.78, 5) is 32.7. The molecule has 1 fully saturated rings. The molecule has 2 aliphatic carbocycles. The lowest BCUT2D eigenvalue weighted by Gasteiger charge is -2.59. The van der Waals surface area contributed by atoms with Gasteiger partial charge >= 0.3 is 6.09 Å². The van der Waals surface area contributed by atoms with Crippen LogP contribution in [0.15, 0.2) is 96.2 Å². The zero-order valence-electron chi connectivity index (χ0n) is 34.4. The van der Waals surface area contributed by atoms with Crippen LogP contribution in [0.4, 0.5) is 14.9 Å². The third-order valence-electron chi connectivity index (χ3n) is 11.6. The van der Waals surface area contributed by atoms with Gasteiger partial charge in [0.25, 0.3) is 5.69 Å². The highest BCUT2D eigenvalue weighted by molar-refractivity contribution is 6.03. The van der Waals surface area contributed by atoms with Crippen molar-refractivity contribution >= 4 is 17.5 Å². The van der Waals surface area contributed by atoms with Crippen molar-refractivity contribution < 1.29 is 48.1 Å². The maximum atomic E-state index is 14.7. The summed E-state index contributed by atoms with van der Waals surface area (Å²) in [6.07, 6.45) is 8.25. The van der Waals surface area contributed by atoms with E-state index in [1.165, 1.54) is 30.3 Å². The molecule has 1 amide bonds. The van der Waals surface area contributed by atoms with Crippen LogP contribution in [-0.2, 0) is 16.2 Å². The van der Waals surface area contributed by atoms with E-state index in [2.05, 4.69) is 12.7 Å². The molecule has 6 rings (SSSR count). The van der Waals surface area contributed by atoms with Gasteiger partial charge in [0.05, 0.1) is 23.2 Å². The molecule has 13 nitrogen and oxygen atoms in total. The van der Waals surface area contributed by atoms with Crippen molar-refractivity contribution in [2.75, 3.05) is 33.0 Å². The summed E-state index contributed by atoms with van der Waals surface area (Å²) in [6.45, 7) is 8.54. The van der Waals surface area contributed by atoms with Crippen LogP contribution in [-0.4, -0.2) is 76.6 Å². The number of nitrogens with zero attached hydrogens (tertiary/aromatic N) is 3. The predicted molar refractivity (Wildman–Crippen MR) is 223 cm³/mol. The van der Waals surface area contributed by atoms with Gasteiger partial charge in [-0.1, -0.05) is 55.3 Å². The topological polar surface area (TPSA) is 162 Å². The molecule has 0 bridgehead atoms. The Balaban J connectivity index is 1.53. The van der Waals surface area contributed by atoms with E-state index < -0.39 is 28.8 Å². The zero-order chi connectivity index (χ0) is 42.6. The number of rotatable bonds is 21. The lowest BCUT2D eigenvalue weighted by molar-refractivity contribution is -0.384. The Morgan fingerprint density at radius 2 is 1.78 bits per heavy atom. The molecule has 0 radical (unpaired) electrons. The van der Waals surface area contributed by atoms with Crippen molar-refractivity contribution in [3.63, 3.8) is 0 Å². The Morgan fingerprint density at radius 1 is 1.05 bits per heavy atom. The second-order valence-electron chi connectivity index (χ2n) is 15.4. The molecule has 0 saturated heterocycles. The highest BCUT2D eigenvalue weighted by atomic mass is 19.1. The normalized spacial score (nSPS) is 23.4. The molecule has 6 unspecified atom stereocenters. The van der Waals surface area contributed by atoms with Crippen molar-refractivity contribution in [3.05, 3.63) is 118 Å². The SMILES string of the molecule is C=CCOC12Oc3ccc(OCc4ccccc4F)cc3C3C(CCCCO)C(CCCCO)C=C(C(=NOCC)CC1N(CCC)C(=O)Oc1ccc([N+](=O)[O-])cc1)C32. The molecule has 1 heterocycles. The first-order chi connectivity index (χ1) is 29.2. The number of allylic oxidation sites excluding steroid dienone is 1. The molecule has 60 heavy (non-hydrogen) atoms. The van der Waals surface area contributed by atoms with Crippen LogP contribution in [0.5, 0.6) is 17.2 Å². The van der Waals surface area contributed by atoms with Crippen LogP contribution in [0.3, 0.4) is 0 Å². The Morgan fingerprint density at radius 3 is 2.47 bits per heavy atom.